The lowest BCUT2D eigenvalue weighted by Crippen LogP contribution is -2.04. The van der Waals surface area contributed by atoms with Gasteiger partial charge in [-0.25, -0.2) is 9.97 Å². The SMILES string of the molecule is CCc1nc(Cl)c(C)c(Nc2cccc(C)c2C)n1. The Morgan fingerprint density at radius 3 is 2.53 bits per heavy atom. The summed E-state index contributed by atoms with van der Waals surface area (Å²) in [5, 5.41) is 3.87. The number of aromatic nitrogens is 2. The van der Waals surface area contributed by atoms with Crippen LogP contribution in [0.1, 0.15) is 29.4 Å². The third-order valence-electron chi connectivity index (χ3n) is 3.31. The van der Waals surface area contributed by atoms with Gasteiger partial charge >= 0.3 is 0 Å². The van der Waals surface area contributed by atoms with E-state index in [1.165, 1.54) is 11.1 Å². The topological polar surface area (TPSA) is 37.8 Å². The van der Waals surface area contributed by atoms with Gasteiger partial charge in [-0.3, -0.25) is 0 Å². The van der Waals surface area contributed by atoms with Gasteiger partial charge in [0.15, 0.2) is 0 Å². The van der Waals surface area contributed by atoms with Crippen molar-refractivity contribution < 1.29 is 0 Å². The Kier molecular flexibility index (Phi) is 4.05. The van der Waals surface area contributed by atoms with Gasteiger partial charge in [-0.15, -0.1) is 0 Å². The van der Waals surface area contributed by atoms with E-state index in [4.69, 9.17) is 11.6 Å². The molecule has 0 aliphatic heterocycles. The first-order valence-electron chi connectivity index (χ1n) is 6.39. The first-order valence-corrected chi connectivity index (χ1v) is 6.77. The Hall–Kier alpha value is -1.61. The van der Waals surface area contributed by atoms with Crippen molar-refractivity contribution in [3.63, 3.8) is 0 Å². The molecule has 19 heavy (non-hydrogen) atoms. The highest BCUT2D eigenvalue weighted by Crippen LogP contribution is 2.26. The third-order valence-corrected chi connectivity index (χ3v) is 3.67. The maximum Gasteiger partial charge on any atom is 0.138 e. The van der Waals surface area contributed by atoms with Crippen LogP contribution in [0.2, 0.25) is 5.15 Å². The van der Waals surface area contributed by atoms with E-state index in [0.29, 0.717) is 5.15 Å². The number of nitrogens with one attached hydrogen (secondary N) is 1. The summed E-state index contributed by atoms with van der Waals surface area (Å²) < 4.78 is 0. The van der Waals surface area contributed by atoms with Crippen LogP contribution in [0.5, 0.6) is 0 Å². The van der Waals surface area contributed by atoms with E-state index >= 15 is 0 Å². The molecule has 0 radical (unpaired) electrons. The summed E-state index contributed by atoms with van der Waals surface area (Å²) >= 11 is 6.14. The molecule has 100 valence electrons. The monoisotopic (exact) mass is 275 g/mol. The quantitative estimate of drug-likeness (QED) is 0.846. The predicted molar refractivity (Wildman–Crippen MR) is 80.4 cm³/mol. The summed E-state index contributed by atoms with van der Waals surface area (Å²) in [5.41, 5.74) is 4.40. The van der Waals surface area contributed by atoms with Crippen LogP contribution >= 0.6 is 11.6 Å². The van der Waals surface area contributed by atoms with Gasteiger partial charge < -0.3 is 5.32 Å². The van der Waals surface area contributed by atoms with Gasteiger partial charge in [0.05, 0.1) is 0 Å². The molecule has 0 saturated carbocycles. The van der Waals surface area contributed by atoms with Gasteiger partial charge in [0, 0.05) is 17.7 Å². The molecular formula is C15H18ClN3. The molecular weight excluding hydrogens is 258 g/mol. The summed E-state index contributed by atoms with van der Waals surface area (Å²) in [6.45, 7) is 8.13. The van der Waals surface area contributed by atoms with Crippen LogP contribution in [-0.4, -0.2) is 9.97 Å². The number of rotatable bonds is 3. The molecule has 0 aliphatic rings. The normalized spacial score (nSPS) is 10.6. The van der Waals surface area contributed by atoms with E-state index in [0.717, 1.165) is 29.3 Å². The van der Waals surface area contributed by atoms with E-state index in [1.807, 2.05) is 26.0 Å². The zero-order chi connectivity index (χ0) is 14.0. The third kappa shape index (κ3) is 2.87. The van der Waals surface area contributed by atoms with Crippen LogP contribution in [0, 0.1) is 20.8 Å². The minimum atomic E-state index is 0.514. The molecule has 1 aromatic carbocycles. The Labute approximate surface area is 119 Å². The average molecular weight is 276 g/mol. The zero-order valence-corrected chi connectivity index (χ0v) is 12.5. The van der Waals surface area contributed by atoms with Gasteiger partial charge in [0.2, 0.25) is 0 Å². The first-order chi connectivity index (χ1) is 9.02. The molecule has 0 unspecified atom stereocenters. The summed E-state index contributed by atoms with van der Waals surface area (Å²) in [4.78, 5) is 8.76. The van der Waals surface area contributed by atoms with E-state index in [1.54, 1.807) is 0 Å². The molecule has 0 amide bonds. The van der Waals surface area contributed by atoms with Crippen LogP contribution in [0.4, 0.5) is 11.5 Å². The van der Waals surface area contributed by atoms with E-state index in [-0.39, 0.29) is 0 Å². The van der Waals surface area contributed by atoms with E-state index < -0.39 is 0 Å². The van der Waals surface area contributed by atoms with Crippen molar-refractivity contribution in [1.82, 2.24) is 9.97 Å². The maximum atomic E-state index is 6.14. The molecule has 0 spiro atoms. The number of anilines is 2. The lowest BCUT2D eigenvalue weighted by atomic mass is 10.1. The summed E-state index contributed by atoms with van der Waals surface area (Å²) in [7, 11) is 0. The summed E-state index contributed by atoms with van der Waals surface area (Å²) in [6.07, 6.45) is 0.765. The Bertz CT molecular complexity index is 609. The van der Waals surface area contributed by atoms with Crippen LogP contribution in [0.3, 0.4) is 0 Å². The second-order valence-electron chi connectivity index (χ2n) is 4.63. The van der Waals surface area contributed by atoms with Crippen LogP contribution in [0.25, 0.3) is 0 Å². The van der Waals surface area contributed by atoms with Crippen LogP contribution in [0.15, 0.2) is 18.2 Å². The van der Waals surface area contributed by atoms with Crippen molar-refractivity contribution in [3.8, 4) is 0 Å². The molecule has 0 saturated heterocycles. The van der Waals surface area contributed by atoms with Gasteiger partial charge in [0.1, 0.15) is 16.8 Å². The van der Waals surface area contributed by atoms with E-state index in [2.05, 4.69) is 35.2 Å². The Balaban J connectivity index is 2.43. The van der Waals surface area contributed by atoms with Crippen LogP contribution in [-0.2, 0) is 6.42 Å². The van der Waals surface area contributed by atoms with Crippen molar-refractivity contribution >= 4 is 23.1 Å². The largest absolute Gasteiger partial charge is 0.340 e. The molecule has 1 aromatic heterocycles. The van der Waals surface area contributed by atoms with Gasteiger partial charge in [-0.05, 0) is 38.0 Å². The lowest BCUT2D eigenvalue weighted by molar-refractivity contribution is 0.933. The van der Waals surface area contributed by atoms with Crippen molar-refractivity contribution in [2.75, 3.05) is 5.32 Å². The molecule has 1 N–H and O–H groups in total. The number of benzene rings is 1. The van der Waals surface area contributed by atoms with Crippen molar-refractivity contribution in [3.05, 3.63) is 45.9 Å². The fourth-order valence-corrected chi connectivity index (χ4v) is 2.01. The van der Waals surface area contributed by atoms with Crippen LogP contribution < -0.4 is 5.32 Å². The molecule has 4 heteroatoms. The highest BCUT2D eigenvalue weighted by atomic mass is 35.5. The lowest BCUT2D eigenvalue weighted by Gasteiger charge is -2.14. The molecule has 0 aliphatic carbocycles. The summed E-state index contributed by atoms with van der Waals surface area (Å²) in [6, 6.07) is 6.17. The molecule has 0 bridgehead atoms. The number of nitrogens with zero attached hydrogens (tertiary/aromatic N) is 2. The minimum Gasteiger partial charge on any atom is -0.340 e. The number of hydrogen-bond acceptors (Lipinski definition) is 3. The van der Waals surface area contributed by atoms with Crippen molar-refractivity contribution in [1.29, 1.82) is 0 Å². The highest BCUT2D eigenvalue weighted by molar-refractivity contribution is 6.30. The van der Waals surface area contributed by atoms with Gasteiger partial charge in [-0.1, -0.05) is 30.7 Å². The molecule has 3 nitrogen and oxygen atoms in total. The fraction of sp³-hybridized carbons (Fsp3) is 0.333. The number of hydrogen-bond donors (Lipinski definition) is 1. The smallest absolute Gasteiger partial charge is 0.138 e. The van der Waals surface area contributed by atoms with Gasteiger partial charge in [0.25, 0.3) is 0 Å². The average Bonchev–Trinajstić information content (AvgIpc) is 2.39. The molecule has 0 fully saturated rings. The molecule has 1 heterocycles. The Morgan fingerprint density at radius 1 is 1.11 bits per heavy atom. The second kappa shape index (κ2) is 5.57. The fourth-order valence-electron chi connectivity index (χ4n) is 1.83. The minimum absolute atomic E-state index is 0.514. The first kappa shape index (κ1) is 13.8. The van der Waals surface area contributed by atoms with Crippen molar-refractivity contribution in [2.24, 2.45) is 0 Å². The predicted octanol–water partition coefficient (Wildman–Crippen LogP) is 4.36. The van der Waals surface area contributed by atoms with Crippen molar-refractivity contribution in [2.45, 2.75) is 34.1 Å². The standard InChI is InChI=1S/C15H18ClN3/c1-5-13-18-14(16)11(4)15(19-13)17-12-8-6-7-9(2)10(12)3/h6-8H,5H2,1-4H3,(H,17,18,19). The number of aryl methyl sites for hydroxylation is 2. The van der Waals surface area contributed by atoms with Gasteiger partial charge in [-0.2, -0.15) is 0 Å². The zero-order valence-electron chi connectivity index (χ0n) is 11.7. The van der Waals surface area contributed by atoms with E-state index in [9.17, 15) is 0 Å². The molecule has 2 aromatic rings. The molecule has 2 rings (SSSR count). The Morgan fingerprint density at radius 2 is 1.84 bits per heavy atom. The maximum absolute atomic E-state index is 6.14. The highest BCUT2D eigenvalue weighted by Gasteiger charge is 2.10. The second-order valence-corrected chi connectivity index (χ2v) is 4.99. The molecule has 0 atom stereocenters. The number of halogens is 1. The summed E-state index contributed by atoms with van der Waals surface area (Å²) in [5.74, 6) is 1.54.